The number of nitrogen functional groups attached to an aromatic ring is 1. The second-order valence-corrected chi connectivity index (χ2v) is 17.6. The van der Waals surface area contributed by atoms with Gasteiger partial charge in [0, 0.05) is 29.2 Å². The summed E-state index contributed by atoms with van der Waals surface area (Å²) in [4.78, 5) is 81.7. The lowest BCUT2D eigenvalue weighted by atomic mass is 10.0. The Balaban J connectivity index is 0.000000208. The number of anilines is 1. The standard InChI is InChI=1S/C18H23N9O4S3.C16H17N3O4S/c1-25(2)3-4-26-18(22-23-24-26)34-7-9-6-32-15-12(14(29)27(15)13(9)16(30)31)21-11(28)5-10-8-33-17(19)20-10;1-8-7-24-15-11(14(21)19(15)12(8)16(22)23)18-13(20)10(17)9-5-3-2-4-6-9/h8,12,15H,3-7H2,1-2H3,(H2,19,20)(H,21,28)(H,30,31);2-6,10-11,15H,7,17H2,1H3,(H,18,20)(H,22,23)/t12-,15-;10-,11-,15-/m11/s1. The molecule has 8 N–H and O–H groups in total. The van der Waals surface area contributed by atoms with Crippen LogP contribution in [-0.4, -0.2) is 146 Å². The van der Waals surface area contributed by atoms with Gasteiger partial charge in [-0.3, -0.25) is 29.0 Å². The normalized spacial score (nSPS) is 21.6. The predicted octanol–water partition coefficient (Wildman–Crippen LogP) is -0.208. The highest BCUT2D eigenvalue weighted by Gasteiger charge is 2.55. The summed E-state index contributed by atoms with van der Waals surface area (Å²) in [6, 6.07) is 6.45. The van der Waals surface area contributed by atoms with Crippen LogP contribution in [-0.2, 0) is 41.7 Å². The van der Waals surface area contributed by atoms with E-state index < -0.39 is 58.5 Å². The molecule has 4 amide bonds. The van der Waals surface area contributed by atoms with Gasteiger partial charge in [-0.2, -0.15) is 0 Å². The smallest absolute Gasteiger partial charge is 0.352 e. The fourth-order valence-electron chi connectivity index (χ4n) is 6.30. The lowest BCUT2D eigenvalue weighted by Gasteiger charge is -2.49. The number of nitrogens with zero attached hydrogens (tertiary/aromatic N) is 8. The second-order valence-electron chi connectivity index (χ2n) is 13.6. The zero-order valence-corrected chi connectivity index (χ0v) is 34.6. The Hall–Kier alpha value is -5.01. The number of rotatable bonds is 14. The van der Waals surface area contributed by atoms with Gasteiger partial charge in [-0.15, -0.1) is 40.0 Å². The van der Waals surface area contributed by atoms with Crippen molar-refractivity contribution < 1.29 is 39.0 Å². The number of amides is 4. The minimum absolute atomic E-state index is 0.000917. The van der Waals surface area contributed by atoms with E-state index in [1.54, 1.807) is 41.3 Å². The van der Waals surface area contributed by atoms with Crippen molar-refractivity contribution in [2.45, 2.75) is 53.9 Å². The van der Waals surface area contributed by atoms with Crippen molar-refractivity contribution in [1.82, 2.24) is 50.5 Å². The molecular formula is C34H40N12O8S4. The van der Waals surface area contributed by atoms with Crippen LogP contribution in [0.25, 0.3) is 0 Å². The van der Waals surface area contributed by atoms with Crippen LogP contribution in [0.1, 0.15) is 24.2 Å². The summed E-state index contributed by atoms with van der Waals surface area (Å²) < 4.78 is 1.67. The van der Waals surface area contributed by atoms with Crippen molar-refractivity contribution in [1.29, 1.82) is 0 Å². The van der Waals surface area contributed by atoms with Gasteiger partial charge in [0.25, 0.3) is 11.8 Å². The number of carbonyl (C=O) groups excluding carboxylic acids is 4. The molecule has 58 heavy (non-hydrogen) atoms. The number of benzene rings is 1. The number of β-lactam (4-membered cyclic amide) rings is 2. The molecule has 5 atom stereocenters. The Kier molecular flexibility index (Phi) is 13.4. The topological polar surface area (TPSA) is 285 Å². The number of aromatic nitrogens is 5. The van der Waals surface area contributed by atoms with Gasteiger partial charge in [0.1, 0.15) is 40.3 Å². The number of carboxylic acids is 2. The summed E-state index contributed by atoms with van der Waals surface area (Å²) in [6.07, 6.45) is 0.000917. The van der Waals surface area contributed by atoms with E-state index in [1.165, 1.54) is 56.4 Å². The molecule has 0 radical (unpaired) electrons. The maximum absolute atomic E-state index is 12.8. The molecule has 0 saturated carbocycles. The molecule has 2 fully saturated rings. The number of tetrazole rings is 1. The third-order valence-corrected chi connectivity index (χ3v) is 13.7. The lowest BCUT2D eigenvalue weighted by Crippen LogP contribution is -2.71. The van der Waals surface area contributed by atoms with Crippen molar-refractivity contribution in [2.24, 2.45) is 5.73 Å². The van der Waals surface area contributed by atoms with E-state index in [-0.39, 0.29) is 23.7 Å². The molecule has 4 aliphatic heterocycles. The highest BCUT2D eigenvalue weighted by Crippen LogP contribution is 2.42. The first kappa shape index (κ1) is 42.6. The minimum Gasteiger partial charge on any atom is -0.477 e. The van der Waals surface area contributed by atoms with E-state index in [0.29, 0.717) is 56.5 Å². The number of carbonyl (C=O) groups is 6. The van der Waals surface area contributed by atoms with Crippen LogP contribution in [0.3, 0.4) is 0 Å². The predicted molar refractivity (Wildman–Crippen MR) is 216 cm³/mol. The quantitative estimate of drug-likeness (QED) is 0.0903. The maximum atomic E-state index is 12.8. The molecule has 0 bridgehead atoms. The minimum atomic E-state index is -1.18. The molecule has 2 saturated heterocycles. The monoisotopic (exact) mass is 872 g/mol. The molecule has 4 aliphatic rings. The fraction of sp³-hybridized carbons (Fsp3) is 0.412. The molecule has 6 heterocycles. The lowest BCUT2D eigenvalue weighted by molar-refractivity contribution is -0.150. The van der Waals surface area contributed by atoms with Crippen LogP contribution in [0.15, 0.2) is 63.4 Å². The summed E-state index contributed by atoms with van der Waals surface area (Å²) in [5.41, 5.74) is 13.9. The summed E-state index contributed by atoms with van der Waals surface area (Å²) in [5, 5.41) is 37.9. The zero-order chi connectivity index (χ0) is 41.8. The Morgan fingerprint density at radius 3 is 2.24 bits per heavy atom. The van der Waals surface area contributed by atoms with E-state index in [2.05, 4.69) is 31.1 Å². The van der Waals surface area contributed by atoms with Gasteiger partial charge >= 0.3 is 11.9 Å². The first-order valence-corrected chi connectivity index (χ1v) is 21.5. The van der Waals surface area contributed by atoms with Crippen LogP contribution < -0.4 is 22.1 Å². The van der Waals surface area contributed by atoms with Gasteiger partial charge in [0.2, 0.25) is 17.0 Å². The number of likely N-dealkylation sites (N-methyl/N-ethyl adjacent to an activating group) is 1. The molecule has 1 aromatic carbocycles. The van der Waals surface area contributed by atoms with Gasteiger partial charge in [-0.25, -0.2) is 19.3 Å². The Labute approximate surface area is 348 Å². The maximum Gasteiger partial charge on any atom is 0.352 e. The number of nitrogens with two attached hydrogens (primary N) is 2. The number of hydrogen-bond donors (Lipinski definition) is 6. The molecule has 7 rings (SSSR count). The average molecular weight is 873 g/mol. The molecule has 0 spiro atoms. The zero-order valence-electron chi connectivity index (χ0n) is 31.3. The Morgan fingerprint density at radius 1 is 0.983 bits per heavy atom. The van der Waals surface area contributed by atoms with E-state index in [0.717, 1.165) is 6.54 Å². The molecule has 20 nitrogen and oxygen atoms in total. The summed E-state index contributed by atoms with van der Waals surface area (Å²) in [5.74, 6) is -2.74. The molecule has 3 aromatic rings. The third kappa shape index (κ3) is 9.15. The first-order valence-electron chi connectivity index (χ1n) is 17.6. The van der Waals surface area contributed by atoms with Crippen molar-refractivity contribution in [3.8, 4) is 0 Å². The van der Waals surface area contributed by atoms with Crippen LogP contribution >= 0.6 is 46.6 Å². The summed E-state index contributed by atoms with van der Waals surface area (Å²) in [7, 11) is 3.90. The molecular weight excluding hydrogens is 833 g/mol. The van der Waals surface area contributed by atoms with E-state index >= 15 is 0 Å². The van der Waals surface area contributed by atoms with Gasteiger partial charge in [0.05, 0.1) is 18.7 Å². The van der Waals surface area contributed by atoms with E-state index in [4.69, 9.17) is 11.5 Å². The number of thiazole rings is 1. The largest absolute Gasteiger partial charge is 0.477 e. The number of aliphatic carboxylic acids is 2. The third-order valence-electron chi connectivity index (χ3n) is 9.21. The number of hydrogen-bond acceptors (Lipinski definition) is 17. The highest BCUT2D eigenvalue weighted by molar-refractivity contribution is 8.01. The van der Waals surface area contributed by atoms with Crippen LogP contribution in [0.2, 0.25) is 0 Å². The number of thioether (sulfide) groups is 3. The average Bonchev–Trinajstić information content (AvgIpc) is 3.84. The summed E-state index contributed by atoms with van der Waals surface area (Å²) in [6.45, 7) is 3.05. The van der Waals surface area contributed by atoms with Crippen molar-refractivity contribution in [3.05, 3.63) is 69.5 Å². The van der Waals surface area contributed by atoms with Crippen molar-refractivity contribution in [2.75, 3.05) is 43.6 Å². The van der Waals surface area contributed by atoms with Crippen LogP contribution in [0, 0.1) is 0 Å². The van der Waals surface area contributed by atoms with E-state index in [1.807, 2.05) is 25.1 Å². The first-order chi connectivity index (χ1) is 27.7. The molecule has 24 heteroatoms. The number of carboxylic acid groups (broad SMARTS) is 2. The molecule has 2 aromatic heterocycles. The highest BCUT2D eigenvalue weighted by atomic mass is 32.2. The second kappa shape index (κ2) is 18.3. The van der Waals surface area contributed by atoms with E-state index in [9.17, 15) is 39.0 Å². The SMILES string of the molecule is CC1=C(C(=O)O)N2C(=O)[C@@H](NC(=O)[C@H](N)c3ccccc3)[C@H]2SC1.CN(C)CCn1nnnc1SCC1=C(C(=O)O)N2C(=O)[C@@H](NC(=O)Cc3csc(N)n3)[C@H]2SC1. The number of fused-ring (bicyclic) bond motifs is 2. The van der Waals surface area contributed by atoms with Crippen molar-refractivity contribution >= 4 is 87.3 Å². The number of nitrogens with one attached hydrogen (secondary N) is 2. The van der Waals surface area contributed by atoms with Gasteiger partial charge in [0.15, 0.2) is 5.13 Å². The van der Waals surface area contributed by atoms with Gasteiger partial charge in [-0.1, -0.05) is 42.1 Å². The Morgan fingerprint density at radius 2 is 1.62 bits per heavy atom. The van der Waals surface area contributed by atoms with Gasteiger partial charge < -0.3 is 37.2 Å². The molecule has 308 valence electrons. The van der Waals surface area contributed by atoms with Crippen molar-refractivity contribution in [3.63, 3.8) is 0 Å². The Bertz CT molecular complexity index is 2160. The van der Waals surface area contributed by atoms with Crippen LogP contribution in [0.4, 0.5) is 5.13 Å². The molecule has 0 aliphatic carbocycles. The summed E-state index contributed by atoms with van der Waals surface area (Å²) >= 11 is 5.41. The fourth-order valence-corrected chi connectivity index (χ4v) is 10.5. The van der Waals surface area contributed by atoms with Gasteiger partial charge in [-0.05, 0) is 48.2 Å². The van der Waals surface area contributed by atoms with Crippen LogP contribution in [0.5, 0.6) is 0 Å². The molecule has 0 unspecified atom stereocenters.